The molecular weight excluding hydrogens is 304 g/mol. The number of amides is 2. The summed E-state index contributed by atoms with van der Waals surface area (Å²) in [6.07, 6.45) is 1.59. The molecule has 2 unspecified atom stereocenters. The van der Waals surface area contributed by atoms with E-state index in [2.05, 4.69) is 25.2 Å². The molecule has 3 rings (SSSR count). The summed E-state index contributed by atoms with van der Waals surface area (Å²) in [7, 11) is 0. The van der Waals surface area contributed by atoms with E-state index in [1.807, 2.05) is 32.0 Å². The van der Waals surface area contributed by atoms with Gasteiger partial charge in [-0.1, -0.05) is 24.3 Å². The molecule has 0 spiro atoms. The zero-order valence-corrected chi connectivity index (χ0v) is 15.0. The maximum atomic E-state index is 12.9. The minimum absolute atomic E-state index is 0.0449. The van der Waals surface area contributed by atoms with Crippen molar-refractivity contribution >= 4 is 6.03 Å². The third-order valence-corrected chi connectivity index (χ3v) is 5.22. The number of carbonyl (C=O) groups excluding carboxylic acids is 1. The van der Waals surface area contributed by atoms with Crippen LogP contribution in [0.15, 0.2) is 24.3 Å². The van der Waals surface area contributed by atoms with Gasteiger partial charge in [0.1, 0.15) is 0 Å². The molecule has 0 radical (unpaired) electrons. The van der Waals surface area contributed by atoms with Gasteiger partial charge in [-0.3, -0.25) is 0 Å². The molecular formula is C19H28N2O3. The lowest BCUT2D eigenvalue weighted by Crippen LogP contribution is -2.53. The molecule has 2 aliphatic rings. The van der Waals surface area contributed by atoms with Gasteiger partial charge in [0.25, 0.3) is 0 Å². The van der Waals surface area contributed by atoms with Crippen LogP contribution in [0.5, 0.6) is 0 Å². The molecule has 2 atom stereocenters. The number of ether oxygens (including phenoxy) is 1. The van der Waals surface area contributed by atoms with E-state index in [9.17, 15) is 9.90 Å². The number of nitrogens with zero attached hydrogens (tertiary/aromatic N) is 1. The van der Waals surface area contributed by atoms with Crippen LogP contribution in [0.1, 0.15) is 51.3 Å². The zero-order chi connectivity index (χ0) is 17.5. The van der Waals surface area contributed by atoms with E-state index in [0.29, 0.717) is 6.54 Å². The molecule has 2 aliphatic heterocycles. The van der Waals surface area contributed by atoms with Gasteiger partial charge < -0.3 is 20.1 Å². The Kier molecular flexibility index (Phi) is 4.34. The van der Waals surface area contributed by atoms with Crippen LogP contribution in [-0.4, -0.2) is 46.4 Å². The van der Waals surface area contributed by atoms with Gasteiger partial charge in [0.05, 0.1) is 29.9 Å². The van der Waals surface area contributed by atoms with E-state index < -0.39 is 5.60 Å². The van der Waals surface area contributed by atoms with Crippen LogP contribution in [-0.2, 0) is 11.2 Å². The molecule has 2 N–H and O–H groups in total. The number of benzene rings is 1. The molecule has 2 heterocycles. The number of aliphatic hydroxyl groups excluding tert-OH is 1. The topological polar surface area (TPSA) is 61.8 Å². The van der Waals surface area contributed by atoms with Gasteiger partial charge in [-0.15, -0.1) is 0 Å². The Morgan fingerprint density at radius 1 is 1.33 bits per heavy atom. The first-order chi connectivity index (χ1) is 11.2. The molecule has 24 heavy (non-hydrogen) atoms. The molecule has 2 amide bonds. The highest BCUT2D eigenvalue weighted by Crippen LogP contribution is 2.37. The average Bonchev–Trinajstić information content (AvgIpc) is 2.72. The third-order valence-electron chi connectivity index (χ3n) is 5.22. The number of rotatable bonds is 2. The summed E-state index contributed by atoms with van der Waals surface area (Å²) in [6.45, 7) is 8.68. The van der Waals surface area contributed by atoms with Gasteiger partial charge in [0.2, 0.25) is 0 Å². The third kappa shape index (κ3) is 3.15. The first kappa shape index (κ1) is 17.2. The number of urea groups is 1. The fraction of sp³-hybridized carbons (Fsp3) is 0.632. The summed E-state index contributed by atoms with van der Waals surface area (Å²) in [4.78, 5) is 14.6. The second-order valence-corrected chi connectivity index (χ2v) is 8.01. The number of nitrogens with one attached hydrogen (secondary N) is 1. The van der Waals surface area contributed by atoms with E-state index in [1.54, 1.807) is 4.90 Å². The second-order valence-electron chi connectivity index (χ2n) is 8.01. The number of carbonyl (C=O) groups is 1. The van der Waals surface area contributed by atoms with Gasteiger partial charge in [0.15, 0.2) is 0 Å². The van der Waals surface area contributed by atoms with Crippen LogP contribution in [0, 0.1) is 0 Å². The molecule has 1 aromatic rings. The average molecular weight is 332 g/mol. The number of hydrogen-bond donors (Lipinski definition) is 2. The molecule has 5 heteroatoms. The smallest absolute Gasteiger partial charge is 0.318 e. The molecule has 1 fully saturated rings. The van der Waals surface area contributed by atoms with Crippen molar-refractivity contribution in [2.75, 3.05) is 13.2 Å². The van der Waals surface area contributed by atoms with Crippen molar-refractivity contribution in [3.63, 3.8) is 0 Å². The van der Waals surface area contributed by atoms with E-state index in [-0.39, 0.29) is 30.3 Å². The minimum atomic E-state index is -0.401. The molecule has 1 saturated heterocycles. The normalized spacial score (nSPS) is 27.6. The summed E-state index contributed by atoms with van der Waals surface area (Å²) in [5.41, 5.74) is 1.61. The maximum Gasteiger partial charge on any atom is 0.318 e. The van der Waals surface area contributed by atoms with Crippen LogP contribution in [0.25, 0.3) is 0 Å². The molecule has 5 nitrogen and oxygen atoms in total. The van der Waals surface area contributed by atoms with Crippen LogP contribution >= 0.6 is 0 Å². The van der Waals surface area contributed by atoms with Crippen LogP contribution in [0.2, 0.25) is 0 Å². The molecule has 0 aliphatic carbocycles. The molecule has 1 aromatic carbocycles. The number of hydrogen-bond acceptors (Lipinski definition) is 3. The fourth-order valence-electron chi connectivity index (χ4n) is 4.11. The van der Waals surface area contributed by atoms with Crippen molar-refractivity contribution in [2.45, 2.75) is 63.8 Å². The summed E-state index contributed by atoms with van der Waals surface area (Å²) in [5, 5.41) is 13.0. The highest BCUT2D eigenvalue weighted by atomic mass is 16.5. The van der Waals surface area contributed by atoms with E-state index in [0.717, 1.165) is 18.4 Å². The monoisotopic (exact) mass is 332 g/mol. The summed E-state index contributed by atoms with van der Waals surface area (Å²) in [5.74, 6) is 0. The van der Waals surface area contributed by atoms with Gasteiger partial charge in [-0.2, -0.15) is 0 Å². The first-order valence-corrected chi connectivity index (χ1v) is 8.69. The van der Waals surface area contributed by atoms with E-state index >= 15 is 0 Å². The Balaban J connectivity index is 1.76. The zero-order valence-electron chi connectivity index (χ0n) is 15.0. The maximum absolute atomic E-state index is 12.9. The molecule has 0 bridgehead atoms. The highest BCUT2D eigenvalue weighted by molar-refractivity contribution is 5.76. The Morgan fingerprint density at radius 2 is 2.04 bits per heavy atom. The van der Waals surface area contributed by atoms with Crippen molar-refractivity contribution in [3.05, 3.63) is 35.4 Å². The predicted molar refractivity (Wildman–Crippen MR) is 92.9 cm³/mol. The SMILES string of the molecule is CC1(C)CC(NC(=O)N2CCc3ccccc3C2CO)C(C)(C)O1. The summed E-state index contributed by atoms with van der Waals surface area (Å²) < 4.78 is 6.06. The standard InChI is InChI=1S/C19H28N2O3/c1-18(2)11-16(19(3,4)24-18)20-17(23)21-10-9-13-7-5-6-8-14(13)15(21)12-22/h5-8,15-16,22H,9-12H2,1-4H3,(H,20,23). The van der Waals surface area contributed by atoms with Crippen LogP contribution in [0.4, 0.5) is 4.79 Å². The molecule has 132 valence electrons. The number of fused-ring (bicyclic) bond motifs is 1. The lowest BCUT2D eigenvalue weighted by Gasteiger charge is -2.38. The number of aliphatic hydroxyl groups is 1. The van der Waals surface area contributed by atoms with Crippen molar-refractivity contribution in [3.8, 4) is 0 Å². The van der Waals surface area contributed by atoms with Gasteiger partial charge in [-0.25, -0.2) is 4.79 Å². The van der Waals surface area contributed by atoms with E-state index in [4.69, 9.17) is 4.74 Å². The van der Waals surface area contributed by atoms with Crippen molar-refractivity contribution in [2.24, 2.45) is 0 Å². The van der Waals surface area contributed by atoms with Crippen molar-refractivity contribution < 1.29 is 14.6 Å². The molecule has 0 saturated carbocycles. The summed E-state index contributed by atoms with van der Waals surface area (Å²) >= 11 is 0. The van der Waals surface area contributed by atoms with Crippen molar-refractivity contribution in [1.82, 2.24) is 10.2 Å². The Morgan fingerprint density at radius 3 is 2.67 bits per heavy atom. The molecule has 0 aromatic heterocycles. The highest BCUT2D eigenvalue weighted by Gasteiger charge is 2.47. The quantitative estimate of drug-likeness (QED) is 0.875. The van der Waals surface area contributed by atoms with E-state index in [1.165, 1.54) is 5.56 Å². The lowest BCUT2D eigenvalue weighted by molar-refractivity contribution is -0.0693. The van der Waals surface area contributed by atoms with Crippen molar-refractivity contribution in [1.29, 1.82) is 0 Å². The Bertz CT molecular complexity index is 627. The largest absolute Gasteiger partial charge is 0.394 e. The second kappa shape index (κ2) is 6.05. The fourth-order valence-corrected chi connectivity index (χ4v) is 4.11. The Hall–Kier alpha value is -1.59. The van der Waals surface area contributed by atoms with Crippen LogP contribution in [0.3, 0.4) is 0 Å². The minimum Gasteiger partial charge on any atom is -0.394 e. The summed E-state index contributed by atoms with van der Waals surface area (Å²) in [6, 6.07) is 7.58. The van der Waals surface area contributed by atoms with Gasteiger partial charge in [-0.05, 0) is 51.7 Å². The van der Waals surface area contributed by atoms with Crippen LogP contribution < -0.4 is 5.32 Å². The lowest BCUT2D eigenvalue weighted by atomic mass is 9.92. The predicted octanol–water partition coefficient (Wildman–Crippen LogP) is 2.63. The first-order valence-electron chi connectivity index (χ1n) is 8.69. The van der Waals surface area contributed by atoms with Gasteiger partial charge >= 0.3 is 6.03 Å². The van der Waals surface area contributed by atoms with Gasteiger partial charge in [0, 0.05) is 6.54 Å². The Labute approximate surface area is 144 Å².